The van der Waals surface area contributed by atoms with E-state index in [1.807, 2.05) is 11.8 Å². The van der Waals surface area contributed by atoms with Crippen molar-refractivity contribution >= 4 is 11.4 Å². The first kappa shape index (κ1) is 13.9. The minimum Gasteiger partial charge on any atom is -0.495 e. The highest BCUT2D eigenvalue weighted by molar-refractivity contribution is 5.63. The van der Waals surface area contributed by atoms with E-state index in [4.69, 9.17) is 4.74 Å². The fourth-order valence-corrected chi connectivity index (χ4v) is 1.98. The Hall–Kier alpha value is -2.57. The average Bonchev–Trinajstić information content (AvgIpc) is 2.97. The quantitative estimate of drug-likeness (QED) is 0.646. The van der Waals surface area contributed by atoms with Gasteiger partial charge in [-0.3, -0.25) is 10.1 Å². The molecule has 0 aliphatic rings. The van der Waals surface area contributed by atoms with Crippen molar-refractivity contribution in [2.75, 3.05) is 18.6 Å². The molecule has 7 heteroatoms. The monoisotopic (exact) mass is 276 g/mol. The topological polar surface area (TPSA) is 84.3 Å². The summed E-state index contributed by atoms with van der Waals surface area (Å²) in [5.41, 5.74) is 1.67. The zero-order valence-electron chi connectivity index (χ0n) is 11.4. The number of methoxy groups -OCH3 is 1. The number of imidazole rings is 1. The molecule has 7 nitrogen and oxygen atoms in total. The predicted molar refractivity (Wildman–Crippen MR) is 75.0 cm³/mol. The minimum atomic E-state index is -0.410. The van der Waals surface area contributed by atoms with Crippen molar-refractivity contribution < 1.29 is 9.66 Å². The van der Waals surface area contributed by atoms with Gasteiger partial charge in [-0.2, -0.15) is 0 Å². The van der Waals surface area contributed by atoms with Gasteiger partial charge in [-0.15, -0.1) is 0 Å². The van der Waals surface area contributed by atoms with Crippen molar-refractivity contribution in [2.24, 2.45) is 0 Å². The molecule has 2 aromatic rings. The molecule has 0 saturated carbocycles. The summed E-state index contributed by atoms with van der Waals surface area (Å²) in [5, 5.41) is 10.9. The lowest BCUT2D eigenvalue weighted by Gasteiger charge is -2.24. The van der Waals surface area contributed by atoms with Gasteiger partial charge in [0.15, 0.2) is 0 Å². The van der Waals surface area contributed by atoms with Crippen molar-refractivity contribution in [1.29, 1.82) is 0 Å². The number of hydrogen-bond donors (Lipinski definition) is 1. The molecule has 0 radical (unpaired) electrons. The van der Waals surface area contributed by atoms with Gasteiger partial charge in [0.05, 0.1) is 36.3 Å². The van der Waals surface area contributed by atoms with Gasteiger partial charge in [0.1, 0.15) is 5.75 Å². The first-order valence-corrected chi connectivity index (χ1v) is 6.20. The molecule has 0 saturated heterocycles. The smallest absolute Gasteiger partial charge is 0.271 e. The van der Waals surface area contributed by atoms with Crippen LogP contribution in [0.15, 0.2) is 30.7 Å². The standard InChI is InChI=1S/C13H16N4O3/c1-3-16(8-10-7-14-9-15-10)12-6-11(17(18)19)4-5-13(12)20-2/h4-7,9H,3,8H2,1-2H3,(H,14,15). The van der Waals surface area contributed by atoms with Crippen LogP contribution in [0.4, 0.5) is 11.4 Å². The lowest BCUT2D eigenvalue weighted by atomic mass is 10.2. The number of nitrogens with zero attached hydrogens (tertiary/aromatic N) is 3. The van der Waals surface area contributed by atoms with Crippen LogP contribution in [0, 0.1) is 10.1 Å². The Labute approximate surface area is 116 Å². The number of aromatic nitrogens is 2. The normalized spacial score (nSPS) is 10.3. The molecular formula is C13H16N4O3. The minimum absolute atomic E-state index is 0.0452. The van der Waals surface area contributed by atoms with E-state index >= 15 is 0 Å². The molecule has 0 atom stereocenters. The second-order valence-electron chi connectivity index (χ2n) is 4.20. The van der Waals surface area contributed by atoms with Crippen LogP contribution in [0.1, 0.15) is 12.6 Å². The number of non-ortho nitro benzene ring substituents is 1. The number of hydrogen-bond acceptors (Lipinski definition) is 5. The van der Waals surface area contributed by atoms with Gasteiger partial charge in [-0.1, -0.05) is 0 Å². The molecule has 0 unspecified atom stereocenters. The van der Waals surface area contributed by atoms with Gasteiger partial charge in [0, 0.05) is 24.9 Å². The molecule has 1 aromatic heterocycles. The molecule has 1 N–H and O–H groups in total. The zero-order chi connectivity index (χ0) is 14.5. The fraction of sp³-hybridized carbons (Fsp3) is 0.308. The second-order valence-corrected chi connectivity index (χ2v) is 4.20. The van der Waals surface area contributed by atoms with Gasteiger partial charge in [-0.25, -0.2) is 4.98 Å². The number of aromatic amines is 1. The predicted octanol–water partition coefficient (Wildman–Crippen LogP) is 2.35. The molecule has 0 aliphatic carbocycles. The number of rotatable bonds is 6. The van der Waals surface area contributed by atoms with Gasteiger partial charge < -0.3 is 14.6 Å². The van der Waals surface area contributed by atoms with E-state index in [2.05, 4.69) is 9.97 Å². The number of H-pyrrole nitrogens is 1. The molecule has 0 fully saturated rings. The Balaban J connectivity index is 2.36. The van der Waals surface area contributed by atoms with E-state index in [-0.39, 0.29) is 5.69 Å². The lowest BCUT2D eigenvalue weighted by Crippen LogP contribution is -2.22. The number of anilines is 1. The van der Waals surface area contributed by atoms with Gasteiger partial charge in [-0.05, 0) is 13.0 Å². The van der Waals surface area contributed by atoms with Crippen molar-refractivity contribution in [3.63, 3.8) is 0 Å². The maximum absolute atomic E-state index is 10.9. The number of nitrogens with one attached hydrogen (secondary N) is 1. The highest BCUT2D eigenvalue weighted by Crippen LogP contribution is 2.32. The van der Waals surface area contributed by atoms with Crippen LogP contribution in [-0.4, -0.2) is 28.5 Å². The largest absolute Gasteiger partial charge is 0.495 e. The summed E-state index contributed by atoms with van der Waals surface area (Å²) < 4.78 is 5.29. The molecule has 0 aliphatic heterocycles. The van der Waals surface area contributed by atoms with E-state index in [0.717, 1.165) is 5.69 Å². The van der Waals surface area contributed by atoms with Crippen LogP contribution in [0.5, 0.6) is 5.75 Å². The summed E-state index contributed by atoms with van der Waals surface area (Å²) >= 11 is 0. The molecular weight excluding hydrogens is 260 g/mol. The van der Waals surface area contributed by atoms with Crippen molar-refractivity contribution in [3.05, 3.63) is 46.5 Å². The fourth-order valence-electron chi connectivity index (χ4n) is 1.98. The summed E-state index contributed by atoms with van der Waals surface area (Å²) in [5.74, 6) is 0.608. The third-order valence-electron chi connectivity index (χ3n) is 3.01. The first-order chi connectivity index (χ1) is 9.65. The van der Waals surface area contributed by atoms with E-state index in [0.29, 0.717) is 24.5 Å². The number of ether oxygens (including phenoxy) is 1. The first-order valence-electron chi connectivity index (χ1n) is 6.20. The van der Waals surface area contributed by atoms with Gasteiger partial charge in [0.2, 0.25) is 0 Å². The maximum atomic E-state index is 10.9. The maximum Gasteiger partial charge on any atom is 0.271 e. The SMILES string of the molecule is CCN(Cc1cnc[nH]1)c1cc([N+](=O)[O-])ccc1OC. The van der Waals surface area contributed by atoms with E-state index in [1.165, 1.54) is 12.1 Å². The van der Waals surface area contributed by atoms with Crippen molar-refractivity contribution in [3.8, 4) is 5.75 Å². The van der Waals surface area contributed by atoms with Crippen LogP contribution in [0.3, 0.4) is 0 Å². The molecule has 106 valence electrons. The third-order valence-corrected chi connectivity index (χ3v) is 3.01. The summed E-state index contributed by atoms with van der Waals surface area (Å²) in [6, 6.07) is 4.58. The van der Waals surface area contributed by atoms with Crippen molar-refractivity contribution in [2.45, 2.75) is 13.5 Å². The second kappa shape index (κ2) is 6.05. The van der Waals surface area contributed by atoms with Crippen LogP contribution in [0.2, 0.25) is 0 Å². The van der Waals surface area contributed by atoms with Crippen LogP contribution >= 0.6 is 0 Å². The van der Waals surface area contributed by atoms with Crippen LogP contribution in [0.25, 0.3) is 0 Å². The lowest BCUT2D eigenvalue weighted by molar-refractivity contribution is -0.384. The highest BCUT2D eigenvalue weighted by Gasteiger charge is 2.16. The zero-order valence-corrected chi connectivity index (χ0v) is 11.4. The summed E-state index contributed by atoms with van der Waals surface area (Å²) in [6.07, 6.45) is 3.33. The average molecular weight is 276 g/mol. The van der Waals surface area contributed by atoms with Crippen molar-refractivity contribution in [1.82, 2.24) is 9.97 Å². The number of nitro benzene ring substituents is 1. The summed E-state index contributed by atoms with van der Waals surface area (Å²) in [6.45, 7) is 3.25. The molecule has 20 heavy (non-hydrogen) atoms. The molecule has 1 aromatic carbocycles. The number of nitro groups is 1. The molecule has 0 amide bonds. The Morgan fingerprint density at radius 3 is 2.85 bits per heavy atom. The van der Waals surface area contributed by atoms with Crippen LogP contribution in [-0.2, 0) is 6.54 Å². The van der Waals surface area contributed by atoms with Gasteiger partial charge in [0.25, 0.3) is 5.69 Å². The molecule has 1 heterocycles. The third kappa shape index (κ3) is 2.87. The summed E-state index contributed by atoms with van der Waals surface area (Å²) in [4.78, 5) is 19.5. The molecule has 2 rings (SSSR count). The summed E-state index contributed by atoms with van der Waals surface area (Å²) in [7, 11) is 1.55. The van der Waals surface area contributed by atoms with E-state index in [1.54, 1.807) is 25.7 Å². The van der Waals surface area contributed by atoms with Crippen LogP contribution < -0.4 is 9.64 Å². The van der Waals surface area contributed by atoms with Gasteiger partial charge >= 0.3 is 0 Å². The number of benzene rings is 1. The van der Waals surface area contributed by atoms with E-state index in [9.17, 15) is 10.1 Å². The highest BCUT2D eigenvalue weighted by atomic mass is 16.6. The van der Waals surface area contributed by atoms with E-state index < -0.39 is 4.92 Å². The molecule has 0 bridgehead atoms. The Kier molecular flexibility index (Phi) is 4.19. The molecule has 0 spiro atoms. The Morgan fingerprint density at radius 1 is 1.50 bits per heavy atom. The Bertz CT molecular complexity index is 583. The Morgan fingerprint density at radius 2 is 2.30 bits per heavy atom.